The summed E-state index contributed by atoms with van der Waals surface area (Å²) in [6.07, 6.45) is 1.57. The average Bonchev–Trinajstić information content (AvgIpc) is 2.72. The molecule has 0 saturated heterocycles. The van der Waals surface area contributed by atoms with E-state index in [0.717, 1.165) is 5.56 Å². The largest absolute Gasteiger partial charge is 0.488 e. The molecule has 0 amide bonds. The van der Waals surface area contributed by atoms with Gasteiger partial charge in [-0.2, -0.15) is 0 Å². The molecular formula is C21H15ClN2O5. The number of non-ortho nitro benzene ring substituents is 1. The molecule has 0 aliphatic rings. The number of aromatic carboxylic acids is 1. The molecule has 29 heavy (non-hydrogen) atoms. The lowest BCUT2D eigenvalue weighted by molar-refractivity contribution is -0.384. The molecule has 8 heteroatoms. The molecule has 146 valence electrons. The first-order valence-electron chi connectivity index (χ1n) is 8.45. The Kier molecular flexibility index (Phi) is 6.21. The molecule has 0 aromatic heterocycles. The average molecular weight is 411 g/mol. The van der Waals surface area contributed by atoms with E-state index in [1.807, 2.05) is 0 Å². The molecule has 3 rings (SSSR count). The third-order valence-electron chi connectivity index (χ3n) is 3.98. The monoisotopic (exact) mass is 410 g/mol. The maximum atomic E-state index is 10.9. The summed E-state index contributed by atoms with van der Waals surface area (Å²) in [6, 6.07) is 17.3. The number of nitro groups is 1. The lowest BCUT2D eigenvalue weighted by atomic mass is 10.1. The van der Waals surface area contributed by atoms with Gasteiger partial charge in [0.05, 0.1) is 16.2 Å². The molecule has 0 aliphatic carbocycles. The molecule has 0 heterocycles. The van der Waals surface area contributed by atoms with E-state index >= 15 is 0 Å². The second kappa shape index (κ2) is 8.99. The smallest absolute Gasteiger partial charge is 0.335 e. The molecule has 0 fully saturated rings. The molecule has 0 unspecified atom stereocenters. The van der Waals surface area contributed by atoms with Crippen molar-refractivity contribution in [3.63, 3.8) is 0 Å². The second-order valence-corrected chi connectivity index (χ2v) is 6.44. The zero-order chi connectivity index (χ0) is 20.8. The number of nitrogens with zero attached hydrogens (tertiary/aromatic N) is 2. The molecule has 3 aromatic carbocycles. The van der Waals surface area contributed by atoms with Gasteiger partial charge >= 0.3 is 5.97 Å². The van der Waals surface area contributed by atoms with E-state index in [4.69, 9.17) is 21.4 Å². The van der Waals surface area contributed by atoms with Crippen molar-refractivity contribution >= 4 is 35.2 Å². The van der Waals surface area contributed by atoms with Gasteiger partial charge in [0.2, 0.25) is 0 Å². The van der Waals surface area contributed by atoms with Crippen molar-refractivity contribution in [1.29, 1.82) is 0 Å². The zero-order valence-electron chi connectivity index (χ0n) is 15.0. The van der Waals surface area contributed by atoms with Crippen LogP contribution in [0.15, 0.2) is 71.7 Å². The lowest BCUT2D eigenvalue weighted by Gasteiger charge is -2.10. The van der Waals surface area contributed by atoms with Crippen LogP contribution in [0.3, 0.4) is 0 Å². The molecule has 0 bridgehead atoms. The Morgan fingerprint density at radius 2 is 1.79 bits per heavy atom. The maximum Gasteiger partial charge on any atom is 0.335 e. The topological polar surface area (TPSA) is 102 Å². The number of carboxylic acid groups (broad SMARTS) is 1. The van der Waals surface area contributed by atoms with E-state index in [0.29, 0.717) is 22.0 Å². The summed E-state index contributed by atoms with van der Waals surface area (Å²) in [4.78, 5) is 25.5. The summed E-state index contributed by atoms with van der Waals surface area (Å²) in [6.45, 7) is 0.236. The molecule has 0 atom stereocenters. The van der Waals surface area contributed by atoms with Gasteiger partial charge in [-0.05, 0) is 48.0 Å². The van der Waals surface area contributed by atoms with Gasteiger partial charge in [-0.1, -0.05) is 23.7 Å². The molecule has 7 nitrogen and oxygen atoms in total. The van der Waals surface area contributed by atoms with Crippen LogP contribution in [0.4, 0.5) is 11.4 Å². The Labute approximate surface area is 171 Å². The van der Waals surface area contributed by atoms with Crippen LogP contribution in [-0.4, -0.2) is 22.2 Å². The summed E-state index contributed by atoms with van der Waals surface area (Å²) < 4.78 is 5.83. The van der Waals surface area contributed by atoms with Crippen molar-refractivity contribution in [3.05, 3.63) is 98.6 Å². The van der Waals surface area contributed by atoms with Crippen LogP contribution in [-0.2, 0) is 6.61 Å². The minimum Gasteiger partial charge on any atom is -0.488 e. The van der Waals surface area contributed by atoms with E-state index < -0.39 is 10.9 Å². The minimum absolute atomic E-state index is 0.00959. The summed E-state index contributed by atoms with van der Waals surface area (Å²) >= 11 is 6.07. The highest BCUT2D eigenvalue weighted by molar-refractivity contribution is 6.30. The van der Waals surface area contributed by atoms with Crippen LogP contribution in [0.1, 0.15) is 21.5 Å². The van der Waals surface area contributed by atoms with Crippen molar-refractivity contribution < 1.29 is 19.6 Å². The van der Waals surface area contributed by atoms with Gasteiger partial charge in [-0.15, -0.1) is 0 Å². The third kappa shape index (κ3) is 5.40. The second-order valence-electron chi connectivity index (χ2n) is 6.00. The fraction of sp³-hybridized carbons (Fsp3) is 0.0476. The fourth-order valence-corrected chi connectivity index (χ4v) is 2.64. The molecular weight excluding hydrogens is 396 g/mol. The standard InChI is InChI=1S/C21H15ClN2O5/c22-17-5-10-20(29-13-14-1-3-15(4-2-14)21(25)26)16(11-17)12-23-18-6-8-19(9-7-18)24(27)28/h1-12H,13H2,(H,25,26). The number of rotatable bonds is 7. The first kappa shape index (κ1) is 20.0. The number of ether oxygens (including phenoxy) is 1. The van der Waals surface area contributed by atoms with E-state index in [1.54, 1.807) is 48.7 Å². The summed E-state index contributed by atoms with van der Waals surface area (Å²) in [5.74, 6) is -0.442. The number of nitro benzene ring substituents is 1. The molecule has 0 saturated carbocycles. The van der Waals surface area contributed by atoms with Gasteiger partial charge < -0.3 is 9.84 Å². The van der Waals surface area contributed by atoms with Gasteiger partial charge in [0, 0.05) is 28.9 Å². The van der Waals surface area contributed by atoms with Crippen LogP contribution < -0.4 is 4.74 Å². The summed E-state index contributed by atoms with van der Waals surface area (Å²) in [7, 11) is 0. The van der Waals surface area contributed by atoms with E-state index in [1.165, 1.54) is 24.3 Å². The van der Waals surface area contributed by atoms with Crippen LogP contribution in [0, 0.1) is 10.1 Å². The van der Waals surface area contributed by atoms with Crippen LogP contribution >= 0.6 is 11.6 Å². The van der Waals surface area contributed by atoms with Gasteiger partial charge in [-0.25, -0.2) is 4.79 Å². The highest BCUT2D eigenvalue weighted by atomic mass is 35.5. The highest BCUT2D eigenvalue weighted by Gasteiger charge is 2.07. The minimum atomic E-state index is -0.986. The SMILES string of the molecule is O=C(O)c1ccc(COc2ccc(Cl)cc2C=Nc2ccc([N+](=O)[O-])cc2)cc1. The van der Waals surface area contributed by atoms with Crippen molar-refractivity contribution in [3.8, 4) is 5.75 Å². The molecule has 3 aromatic rings. The number of aliphatic imine (C=N–C) groups is 1. The number of halogens is 1. The van der Waals surface area contributed by atoms with Crippen molar-refractivity contribution in [2.75, 3.05) is 0 Å². The highest BCUT2D eigenvalue weighted by Crippen LogP contribution is 2.24. The van der Waals surface area contributed by atoms with Crippen LogP contribution in [0.5, 0.6) is 5.75 Å². The molecule has 0 spiro atoms. The number of benzene rings is 3. The predicted octanol–water partition coefficient (Wildman–Crippen LogP) is 5.28. The first-order valence-corrected chi connectivity index (χ1v) is 8.83. The predicted molar refractivity (Wildman–Crippen MR) is 110 cm³/mol. The van der Waals surface area contributed by atoms with Crippen molar-refractivity contribution in [2.24, 2.45) is 4.99 Å². The van der Waals surface area contributed by atoms with Gasteiger partial charge in [0.15, 0.2) is 0 Å². The Bertz CT molecular complexity index is 1060. The third-order valence-corrected chi connectivity index (χ3v) is 4.22. The van der Waals surface area contributed by atoms with E-state index in [-0.39, 0.29) is 17.9 Å². The van der Waals surface area contributed by atoms with Crippen LogP contribution in [0.2, 0.25) is 5.02 Å². The van der Waals surface area contributed by atoms with Crippen molar-refractivity contribution in [1.82, 2.24) is 0 Å². The van der Waals surface area contributed by atoms with Gasteiger partial charge in [0.1, 0.15) is 12.4 Å². The fourth-order valence-electron chi connectivity index (χ4n) is 2.46. The molecule has 0 aliphatic heterocycles. The summed E-state index contributed by atoms with van der Waals surface area (Å²) in [5, 5.41) is 20.2. The zero-order valence-corrected chi connectivity index (χ0v) is 15.7. The Hall–Kier alpha value is -3.71. The summed E-state index contributed by atoms with van der Waals surface area (Å²) in [5.41, 5.74) is 2.19. The molecule has 0 radical (unpaired) electrons. The number of hydrogen-bond donors (Lipinski definition) is 1. The molecule has 1 N–H and O–H groups in total. The van der Waals surface area contributed by atoms with Crippen LogP contribution in [0.25, 0.3) is 0 Å². The van der Waals surface area contributed by atoms with Gasteiger partial charge in [-0.3, -0.25) is 15.1 Å². The van der Waals surface area contributed by atoms with Gasteiger partial charge in [0.25, 0.3) is 5.69 Å². The first-order chi connectivity index (χ1) is 13.9. The number of hydrogen-bond acceptors (Lipinski definition) is 5. The normalized spacial score (nSPS) is 10.8. The Balaban J connectivity index is 1.75. The quantitative estimate of drug-likeness (QED) is 0.324. The number of carbonyl (C=O) groups is 1. The van der Waals surface area contributed by atoms with Crippen molar-refractivity contribution in [2.45, 2.75) is 6.61 Å². The maximum absolute atomic E-state index is 10.9. The Morgan fingerprint density at radius 1 is 1.10 bits per heavy atom. The Morgan fingerprint density at radius 3 is 2.41 bits per heavy atom. The lowest BCUT2D eigenvalue weighted by Crippen LogP contribution is -2.00. The number of carboxylic acids is 1. The van der Waals surface area contributed by atoms with E-state index in [2.05, 4.69) is 4.99 Å². The van der Waals surface area contributed by atoms with E-state index in [9.17, 15) is 14.9 Å².